The van der Waals surface area contributed by atoms with Gasteiger partial charge in [0.1, 0.15) is 5.82 Å². The normalized spacial score (nSPS) is 24.3. The predicted octanol–water partition coefficient (Wildman–Crippen LogP) is 3.69. The molecule has 1 aromatic carbocycles. The van der Waals surface area contributed by atoms with E-state index in [1.54, 1.807) is 6.20 Å². The number of rotatable bonds is 4. The number of aromatic amines is 1. The van der Waals surface area contributed by atoms with Crippen LogP contribution in [0.4, 0.5) is 5.82 Å². The van der Waals surface area contributed by atoms with Gasteiger partial charge in [0.15, 0.2) is 0 Å². The van der Waals surface area contributed by atoms with Crippen LogP contribution in [0.3, 0.4) is 0 Å². The van der Waals surface area contributed by atoms with Crippen LogP contribution in [0.1, 0.15) is 29.6 Å². The Morgan fingerprint density at radius 2 is 2.28 bits per heavy atom. The summed E-state index contributed by atoms with van der Waals surface area (Å²) in [4.78, 5) is 22.6. The number of amides is 1. The maximum atomic E-state index is 13.1. The number of ether oxygens (including phenoxy) is 1. The van der Waals surface area contributed by atoms with E-state index in [0.717, 1.165) is 61.2 Å². The third-order valence-corrected chi connectivity index (χ3v) is 6.15. The first-order chi connectivity index (χ1) is 14.2. The van der Waals surface area contributed by atoms with Gasteiger partial charge in [0, 0.05) is 54.4 Å². The van der Waals surface area contributed by atoms with E-state index in [-0.39, 0.29) is 11.5 Å². The minimum atomic E-state index is -0.206. The molecule has 0 saturated carbocycles. The van der Waals surface area contributed by atoms with Crippen molar-refractivity contribution in [3.8, 4) is 0 Å². The Balaban J connectivity index is 1.23. The summed E-state index contributed by atoms with van der Waals surface area (Å²) in [5.41, 5.74) is 1.60. The van der Waals surface area contributed by atoms with Crippen LogP contribution in [-0.4, -0.2) is 52.6 Å². The summed E-state index contributed by atoms with van der Waals surface area (Å²) in [5, 5.41) is 4.48. The molecule has 6 nitrogen and oxygen atoms in total. The maximum Gasteiger partial charge on any atom is 0.253 e. The van der Waals surface area contributed by atoms with Crippen molar-refractivity contribution in [2.45, 2.75) is 24.9 Å². The summed E-state index contributed by atoms with van der Waals surface area (Å²) in [7, 11) is 0. The molecule has 2 aliphatic rings. The Bertz CT molecular complexity index is 1000. The summed E-state index contributed by atoms with van der Waals surface area (Å²) in [6, 6.07) is 13.8. The summed E-state index contributed by atoms with van der Waals surface area (Å²) < 4.78 is 6.30. The first kappa shape index (κ1) is 18.2. The van der Waals surface area contributed by atoms with Gasteiger partial charge in [-0.05, 0) is 55.7 Å². The maximum absolute atomic E-state index is 13.1. The number of likely N-dealkylation sites (tertiary alicyclic amines) is 1. The second-order valence-corrected chi connectivity index (χ2v) is 8.27. The van der Waals surface area contributed by atoms with Crippen LogP contribution >= 0.6 is 0 Å². The highest BCUT2D eigenvalue weighted by atomic mass is 16.5. The quantitative estimate of drug-likeness (QED) is 0.713. The van der Waals surface area contributed by atoms with Crippen molar-refractivity contribution in [3.63, 3.8) is 0 Å². The SMILES string of the molecule is O=C(c1ccc2[nH]ccc2c1)N1CCCC2(CC(CNc3ccccn3)CO2)C1. The summed E-state index contributed by atoms with van der Waals surface area (Å²) >= 11 is 0. The second-order valence-electron chi connectivity index (χ2n) is 8.27. The molecule has 2 atom stereocenters. The molecule has 1 spiro atoms. The molecule has 4 heterocycles. The fourth-order valence-electron chi connectivity index (χ4n) is 4.71. The monoisotopic (exact) mass is 390 g/mol. The number of fused-ring (bicyclic) bond motifs is 1. The number of carbonyl (C=O) groups excluding carboxylic acids is 1. The molecule has 2 N–H and O–H groups in total. The number of anilines is 1. The van der Waals surface area contributed by atoms with Crippen LogP contribution in [0, 0.1) is 5.92 Å². The van der Waals surface area contributed by atoms with E-state index in [9.17, 15) is 4.79 Å². The van der Waals surface area contributed by atoms with Crippen molar-refractivity contribution < 1.29 is 9.53 Å². The predicted molar refractivity (Wildman–Crippen MR) is 113 cm³/mol. The summed E-state index contributed by atoms with van der Waals surface area (Å²) in [5.74, 6) is 1.43. The smallest absolute Gasteiger partial charge is 0.253 e. The molecular formula is C23H26N4O2. The number of piperidine rings is 1. The van der Waals surface area contributed by atoms with E-state index < -0.39 is 0 Å². The number of benzene rings is 1. The lowest BCUT2D eigenvalue weighted by atomic mass is 9.86. The molecule has 2 aliphatic heterocycles. The molecule has 1 amide bonds. The second kappa shape index (κ2) is 7.52. The van der Waals surface area contributed by atoms with Gasteiger partial charge in [-0.25, -0.2) is 4.98 Å². The van der Waals surface area contributed by atoms with Crippen LogP contribution in [0.2, 0.25) is 0 Å². The van der Waals surface area contributed by atoms with Gasteiger partial charge in [-0.1, -0.05) is 6.07 Å². The minimum absolute atomic E-state index is 0.103. The third-order valence-electron chi connectivity index (χ3n) is 6.15. The van der Waals surface area contributed by atoms with Crippen molar-refractivity contribution in [1.29, 1.82) is 0 Å². The molecule has 6 heteroatoms. The van der Waals surface area contributed by atoms with E-state index in [1.807, 2.05) is 53.6 Å². The average Bonchev–Trinajstić information content (AvgIpc) is 3.39. The molecule has 0 bridgehead atoms. The molecule has 2 fully saturated rings. The fourth-order valence-corrected chi connectivity index (χ4v) is 4.71. The molecule has 2 aromatic heterocycles. The van der Waals surface area contributed by atoms with Crippen molar-refractivity contribution in [3.05, 3.63) is 60.4 Å². The average molecular weight is 390 g/mol. The van der Waals surface area contributed by atoms with E-state index in [4.69, 9.17) is 4.74 Å². The lowest BCUT2D eigenvalue weighted by Gasteiger charge is -2.40. The zero-order valence-electron chi connectivity index (χ0n) is 16.4. The van der Waals surface area contributed by atoms with Crippen LogP contribution in [0.25, 0.3) is 10.9 Å². The molecule has 3 aromatic rings. The van der Waals surface area contributed by atoms with Crippen LogP contribution in [-0.2, 0) is 4.74 Å². The van der Waals surface area contributed by atoms with Gasteiger partial charge < -0.3 is 19.9 Å². The van der Waals surface area contributed by atoms with Crippen LogP contribution in [0.5, 0.6) is 0 Å². The number of hydrogen-bond acceptors (Lipinski definition) is 4. The van der Waals surface area contributed by atoms with E-state index in [0.29, 0.717) is 12.5 Å². The van der Waals surface area contributed by atoms with Gasteiger partial charge in [-0.15, -0.1) is 0 Å². The van der Waals surface area contributed by atoms with Gasteiger partial charge >= 0.3 is 0 Å². The number of nitrogens with zero attached hydrogens (tertiary/aromatic N) is 2. The third kappa shape index (κ3) is 3.72. The summed E-state index contributed by atoms with van der Waals surface area (Å²) in [6.07, 6.45) is 6.68. The van der Waals surface area contributed by atoms with Gasteiger partial charge in [0.05, 0.1) is 12.2 Å². The van der Waals surface area contributed by atoms with Crippen molar-refractivity contribution >= 4 is 22.6 Å². The molecule has 2 saturated heterocycles. The lowest BCUT2D eigenvalue weighted by Crippen LogP contribution is -2.50. The van der Waals surface area contributed by atoms with E-state index >= 15 is 0 Å². The Morgan fingerprint density at radius 3 is 3.17 bits per heavy atom. The Labute approximate surface area is 170 Å². The Hall–Kier alpha value is -2.86. The number of pyridine rings is 1. The van der Waals surface area contributed by atoms with Gasteiger partial charge in [0.2, 0.25) is 0 Å². The van der Waals surface area contributed by atoms with E-state index in [2.05, 4.69) is 15.3 Å². The fraction of sp³-hybridized carbons (Fsp3) is 0.391. The van der Waals surface area contributed by atoms with Gasteiger partial charge in [-0.2, -0.15) is 0 Å². The highest BCUT2D eigenvalue weighted by molar-refractivity contribution is 5.98. The molecule has 0 radical (unpaired) electrons. The van der Waals surface area contributed by atoms with Crippen molar-refractivity contribution in [2.24, 2.45) is 5.92 Å². The molecule has 0 aliphatic carbocycles. The molecule has 2 unspecified atom stereocenters. The minimum Gasteiger partial charge on any atom is -0.373 e. The molecule has 150 valence electrons. The molecule has 5 rings (SSSR count). The molecular weight excluding hydrogens is 364 g/mol. The first-order valence-corrected chi connectivity index (χ1v) is 10.4. The van der Waals surface area contributed by atoms with E-state index in [1.165, 1.54) is 0 Å². The largest absolute Gasteiger partial charge is 0.373 e. The van der Waals surface area contributed by atoms with Crippen LogP contribution in [0.15, 0.2) is 54.9 Å². The van der Waals surface area contributed by atoms with Crippen molar-refractivity contribution in [2.75, 3.05) is 31.6 Å². The Kier molecular flexibility index (Phi) is 4.72. The number of carbonyl (C=O) groups is 1. The van der Waals surface area contributed by atoms with Crippen LogP contribution < -0.4 is 5.32 Å². The standard InChI is InChI=1S/C23H26N4O2/c28-22(19-5-6-20-18(12-19)7-10-24-20)27-11-3-8-23(16-27)13-17(15-29-23)14-26-21-4-1-2-9-25-21/h1-2,4-7,9-10,12,17,24H,3,8,11,13-16H2,(H,25,26). The Morgan fingerprint density at radius 1 is 1.31 bits per heavy atom. The number of H-pyrrole nitrogens is 1. The topological polar surface area (TPSA) is 70.2 Å². The van der Waals surface area contributed by atoms with Gasteiger partial charge in [0.25, 0.3) is 5.91 Å². The number of aromatic nitrogens is 2. The van der Waals surface area contributed by atoms with Crippen molar-refractivity contribution in [1.82, 2.24) is 14.9 Å². The first-order valence-electron chi connectivity index (χ1n) is 10.4. The zero-order chi connectivity index (χ0) is 19.7. The zero-order valence-corrected chi connectivity index (χ0v) is 16.4. The summed E-state index contributed by atoms with van der Waals surface area (Å²) in [6.45, 7) is 3.05. The number of hydrogen-bond donors (Lipinski definition) is 2. The highest BCUT2D eigenvalue weighted by Gasteiger charge is 2.44. The highest BCUT2D eigenvalue weighted by Crippen LogP contribution is 2.38. The van der Waals surface area contributed by atoms with Gasteiger partial charge in [-0.3, -0.25) is 4.79 Å². The number of nitrogens with one attached hydrogen (secondary N) is 2. The lowest BCUT2D eigenvalue weighted by molar-refractivity contribution is -0.0449. The molecule has 29 heavy (non-hydrogen) atoms.